The molecule has 1 amide bonds. The predicted octanol–water partition coefficient (Wildman–Crippen LogP) is 2.42. The van der Waals surface area contributed by atoms with Crippen LogP contribution in [0.4, 0.5) is 0 Å². The van der Waals surface area contributed by atoms with Gasteiger partial charge in [-0.25, -0.2) is 4.68 Å². The van der Waals surface area contributed by atoms with Gasteiger partial charge in [0.05, 0.1) is 11.9 Å². The summed E-state index contributed by atoms with van der Waals surface area (Å²) in [5.41, 5.74) is 2.53. The number of hydrogen-bond acceptors (Lipinski definition) is 6. The highest BCUT2D eigenvalue weighted by molar-refractivity contribution is 5.94. The van der Waals surface area contributed by atoms with Crippen LogP contribution in [-0.4, -0.2) is 62.2 Å². The normalized spacial score (nSPS) is 11.0. The van der Waals surface area contributed by atoms with Gasteiger partial charge < -0.3 is 20.4 Å². The predicted molar refractivity (Wildman–Crippen MR) is 110 cm³/mol. The lowest BCUT2D eigenvalue weighted by atomic mass is 10.1. The number of carbonyl (C=O) groups is 1. The van der Waals surface area contributed by atoms with E-state index >= 15 is 0 Å². The van der Waals surface area contributed by atoms with E-state index in [9.17, 15) is 15.0 Å². The van der Waals surface area contributed by atoms with E-state index in [4.69, 9.17) is 0 Å². The van der Waals surface area contributed by atoms with Crippen LogP contribution in [0, 0.1) is 0 Å². The lowest BCUT2D eigenvalue weighted by molar-refractivity contribution is 0.0949. The fraction of sp³-hybridized carbons (Fsp3) is 0.286. The third-order valence-corrected chi connectivity index (χ3v) is 4.77. The number of phenolic OH excluding ortho intramolecular Hbond substituents is 2. The molecule has 0 saturated carbocycles. The Balaban J connectivity index is 1.65. The Morgan fingerprint density at radius 1 is 1.07 bits per heavy atom. The lowest BCUT2D eigenvalue weighted by Crippen LogP contribution is -2.34. The smallest absolute Gasteiger partial charge is 0.251 e. The Kier molecular flexibility index (Phi) is 6.46. The molecule has 2 aromatic carbocycles. The molecule has 0 bridgehead atoms. The molecule has 0 atom stereocenters. The number of likely N-dealkylation sites (N-methyl/N-ethyl adjacent to an activating group) is 1. The van der Waals surface area contributed by atoms with E-state index in [0.29, 0.717) is 23.4 Å². The van der Waals surface area contributed by atoms with Crippen molar-refractivity contribution in [3.05, 3.63) is 54.2 Å². The van der Waals surface area contributed by atoms with Crippen LogP contribution in [-0.2, 0) is 0 Å². The van der Waals surface area contributed by atoms with Crippen LogP contribution in [0.25, 0.3) is 16.9 Å². The van der Waals surface area contributed by atoms with Gasteiger partial charge in [0.25, 0.3) is 5.91 Å². The number of phenols is 2. The number of aromatic nitrogens is 3. The fourth-order valence-corrected chi connectivity index (χ4v) is 2.94. The summed E-state index contributed by atoms with van der Waals surface area (Å²) in [6.07, 6.45) is 1.71. The zero-order valence-electron chi connectivity index (χ0n) is 16.5. The van der Waals surface area contributed by atoms with Crippen LogP contribution < -0.4 is 5.32 Å². The van der Waals surface area contributed by atoms with Gasteiger partial charge in [0, 0.05) is 24.2 Å². The minimum atomic E-state index is -0.214. The average molecular weight is 395 g/mol. The van der Waals surface area contributed by atoms with Crippen LogP contribution in [0.15, 0.2) is 48.7 Å². The first-order chi connectivity index (χ1) is 14.0. The maximum Gasteiger partial charge on any atom is 0.251 e. The summed E-state index contributed by atoms with van der Waals surface area (Å²) in [5.74, 6) is -0.511. The number of benzene rings is 2. The highest BCUT2D eigenvalue weighted by Gasteiger charge is 2.10. The van der Waals surface area contributed by atoms with Crippen molar-refractivity contribution in [2.75, 3.05) is 26.2 Å². The highest BCUT2D eigenvalue weighted by atomic mass is 16.3. The molecule has 0 radical (unpaired) electrons. The van der Waals surface area contributed by atoms with Crippen molar-refractivity contribution in [1.29, 1.82) is 0 Å². The van der Waals surface area contributed by atoms with Gasteiger partial charge in [-0.05, 0) is 55.6 Å². The number of carbonyl (C=O) groups excluding carboxylic acids is 1. The van der Waals surface area contributed by atoms with E-state index in [1.54, 1.807) is 41.2 Å². The molecule has 1 aromatic heterocycles. The van der Waals surface area contributed by atoms with Gasteiger partial charge in [-0.2, -0.15) is 0 Å². The zero-order chi connectivity index (χ0) is 20.8. The molecular weight excluding hydrogens is 370 g/mol. The third-order valence-electron chi connectivity index (χ3n) is 4.77. The number of nitrogens with zero attached hydrogens (tertiary/aromatic N) is 4. The molecule has 0 spiro atoms. The summed E-state index contributed by atoms with van der Waals surface area (Å²) >= 11 is 0. The first kappa shape index (κ1) is 20.3. The second-order valence-electron chi connectivity index (χ2n) is 6.58. The Hall–Kier alpha value is -3.39. The van der Waals surface area contributed by atoms with E-state index in [1.165, 1.54) is 12.1 Å². The molecule has 8 nitrogen and oxygen atoms in total. The van der Waals surface area contributed by atoms with Crippen molar-refractivity contribution in [1.82, 2.24) is 25.2 Å². The number of amides is 1. The van der Waals surface area contributed by atoms with Gasteiger partial charge in [-0.3, -0.25) is 4.79 Å². The molecule has 0 unspecified atom stereocenters. The molecule has 0 aliphatic carbocycles. The molecule has 0 saturated heterocycles. The highest BCUT2D eigenvalue weighted by Crippen LogP contribution is 2.29. The second kappa shape index (κ2) is 9.20. The van der Waals surface area contributed by atoms with Gasteiger partial charge in [0.1, 0.15) is 5.69 Å². The molecule has 0 aliphatic rings. The van der Waals surface area contributed by atoms with Gasteiger partial charge in [-0.15, -0.1) is 5.10 Å². The summed E-state index contributed by atoms with van der Waals surface area (Å²) in [7, 11) is 0. The molecule has 29 heavy (non-hydrogen) atoms. The minimum absolute atomic E-state index is 0.109. The van der Waals surface area contributed by atoms with Crippen LogP contribution in [0.3, 0.4) is 0 Å². The Morgan fingerprint density at radius 2 is 1.79 bits per heavy atom. The van der Waals surface area contributed by atoms with E-state index in [-0.39, 0.29) is 17.4 Å². The number of aromatic hydroxyl groups is 2. The second-order valence-corrected chi connectivity index (χ2v) is 6.58. The molecule has 3 aromatic rings. The molecule has 0 fully saturated rings. The summed E-state index contributed by atoms with van der Waals surface area (Å²) in [5, 5.41) is 30.2. The van der Waals surface area contributed by atoms with Crippen molar-refractivity contribution in [3.8, 4) is 28.4 Å². The van der Waals surface area contributed by atoms with Gasteiger partial charge in [0.2, 0.25) is 0 Å². The van der Waals surface area contributed by atoms with Crippen LogP contribution >= 0.6 is 0 Å². The van der Waals surface area contributed by atoms with Crippen LogP contribution in [0.1, 0.15) is 24.2 Å². The average Bonchev–Trinajstić information content (AvgIpc) is 3.23. The number of hydrogen-bond donors (Lipinski definition) is 3. The fourth-order valence-electron chi connectivity index (χ4n) is 2.94. The van der Waals surface area contributed by atoms with Crippen molar-refractivity contribution < 1.29 is 15.0 Å². The summed E-state index contributed by atoms with van der Waals surface area (Å²) in [6, 6.07) is 11.6. The minimum Gasteiger partial charge on any atom is -0.504 e. The van der Waals surface area contributed by atoms with E-state index in [1.807, 2.05) is 0 Å². The number of nitrogens with one attached hydrogen (secondary N) is 1. The molecule has 3 rings (SSSR count). The summed E-state index contributed by atoms with van der Waals surface area (Å²) in [4.78, 5) is 14.5. The maximum absolute atomic E-state index is 12.3. The van der Waals surface area contributed by atoms with Gasteiger partial charge >= 0.3 is 0 Å². The Morgan fingerprint density at radius 3 is 2.45 bits per heavy atom. The topological polar surface area (TPSA) is 104 Å². The molecule has 3 N–H and O–H groups in total. The largest absolute Gasteiger partial charge is 0.504 e. The maximum atomic E-state index is 12.3. The standard InChI is InChI=1S/C21H25N5O3/c1-3-25(4-2)12-11-22-21(29)15-5-8-17(9-6-15)26-14-18(23-24-26)16-7-10-19(27)20(28)13-16/h5-10,13-14,27-28H,3-4,11-12H2,1-2H3,(H,22,29). The first-order valence-corrected chi connectivity index (χ1v) is 9.57. The monoisotopic (exact) mass is 395 g/mol. The molecule has 8 heteroatoms. The molecule has 1 heterocycles. The zero-order valence-corrected chi connectivity index (χ0v) is 16.5. The van der Waals surface area contributed by atoms with Crippen LogP contribution in [0.5, 0.6) is 11.5 Å². The SMILES string of the molecule is CCN(CC)CCNC(=O)c1ccc(-n2cc(-c3ccc(O)c(O)c3)nn2)cc1. The summed E-state index contributed by atoms with van der Waals surface area (Å²) < 4.78 is 1.58. The molecule has 0 aliphatic heterocycles. The van der Waals surface area contributed by atoms with Crippen molar-refractivity contribution in [2.24, 2.45) is 0 Å². The van der Waals surface area contributed by atoms with Gasteiger partial charge in [-0.1, -0.05) is 19.1 Å². The van der Waals surface area contributed by atoms with Crippen molar-refractivity contribution in [3.63, 3.8) is 0 Å². The third kappa shape index (κ3) is 4.91. The van der Waals surface area contributed by atoms with E-state index < -0.39 is 0 Å². The van der Waals surface area contributed by atoms with Crippen molar-refractivity contribution >= 4 is 5.91 Å². The Labute approximate surface area is 169 Å². The molecular formula is C21H25N5O3. The first-order valence-electron chi connectivity index (χ1n) is 9.57. The van der Waals surface area contributed by atoms with Gasteiger partial charge in [0.15, 0.2) is 11.5 Å². The van der Waals surface area contributed by atoms with E-state index in [2.05, 4.69) is 34.4 Å². The van der Waals surface area contributed by atoms with E-state index in [0.717, 1.165) is 25.3 Å². The Bertz CT molecular complexity index is 965. The number of rotatable bonds is 8. The quantitative estimate of drug-likeness (QED) is 0.506. The van der Waals surface area contributed by atoms with Crippen molar-refractivity contribution in [2.45, 2.75) is 13.8 Å². The summed E-state index contributed by atoms with van der Waals surface area (Å²) in [6.45, 7) is 7.56. The molecule has 152 valence electrons. The van der Waals surface area contributed by atoms with Crippen LogP contribution in [0.2, 0.25) is 0 Å². The lowest BCUT2D eigenvalue weighted by Gasteiger charge is -2.17.